The zero-order valence-electron chi connectivity index (χ0n) is 14.6. The Kier molecular flexibility index (Phi) is 5.77. The van der Waals surface area contributed by atoms with E-state index in [2.05, 4.69) is 12.5 Å². The number of likely N-dealkylation sites (tertiary alicyclic amines) is 1. The molecule has 0 atom stereocenters. The van der Waals surface area contributed by atoms with E-state index in [1.807, 2.05) is 16.0 Å². The van der Waals surface area contributed by atoms with Crippen molar-refractivity contribution in [2.45, 2.75) is 25.7 Å². The van der Waals surface area contributed by atoms with E-state index in [1.54, 1.807) is 19.2 Å². The van der Waals surface area contributed by atoms with Gasteiger partial charge in [0.1, 0.15) is 5.75 Å². The van der Waals surface area contributed by atoms with Crippen LogP contribution in [0.25, 0.3) is 0 Å². The van der Waals surface area contributed by atoms with Gasteiger partial charge >= 0.3 is 0 Å². The summed E-state index contributed by atoms with van der Waals surface area (Å²) in [6.45, 7) is 2.97. The molecule has 1 amide bonds. The molecular weight excluding hydrogens is 318 g/mol. The van der Waals surface area contributed by atoms with Gasteiger partial charge in [-0.25, -0.2) is 0 Å². The molecule has 2 saturated heterocycles. The Labute approximate surface area is 148 Å². The second-order valence-electron chi connectivity index (χ2n) is 6.44. The molecule has 25 heavy (non-hydrogen) atoms. The molecule has 2 heterocycles. The van der Waals surface area contributed by atoms with Gasteiger partial charge in [-0.2, -0.15) is 5.26 Å². The minimum Gasteiger partial charge on any atom is -0.496 e. The van der Waals surface area contributed by atoms with Crippen molar-refractivity contribution < 1.29 is 14.4 Å². The molecule has 0 spiro atoms. The molecule has 6 nitrogen and oxygen atoms in total. The summed E-state index contributed by atoms with van der Waals surface area (Å²) in [7, 11) is 1.57. The summed E-state index contributed by atoms with van der Waals surface area (Å²) in [5, 5.41) is 10.8. The van der Waals surface area contributed by atoms with Gasteiger partial charge in [-0.3, -0.25) is 4.79 Å². The first-order chi connectivity index (χ1) is 12.2. The standard InChI is InChI=1S/C19H24N3O3/c1-24-18-13-16(25-22-11-7-15(14-20)8-12-22)5-6-17(18)19(23)21-9-3-2-4-10-21/h2,5-6,13,15H,3-4,7-12H2,1H3. The fourth-order valence-corrected chi connectivity index (χ4v) is 3.25. The normalized spacial score (nSPS) is 19.3. The summed E-state index contributed by atoms with van der Waals surface area (Å²) in [4.78, 5) is 20.5. The van der Waals surface area contributed by atoms with Crippen LogP contribution in [0, 0.1) is 23.7 Å². The highest BCUT2D eigenvalue weighted by Crippen LogP contribution is 2.28. The summed E-state index contributed by atoms with van der Waals surface area (Å²) in [6, 6.07) is 7.66. The van der Waals surface area contributed by atoms with Crippen LogP contribution in [0.15, 0.2) is 18.2 Å². The van der Waals surface area contributed by atoms with Gasteiger partial charge in [0.2, 0.25) is 0 Å². The van der Waals surface area contributed by atoms with Crippen LogP contribution in [0.2, 0.25) is 0 Å². The average molecular weight is 342 g/mol. The van der Waals surface area contributed by atoms with Crippen molar-refractivity contribution in [3.05, 3.63) is 30.2 Å². The SMILES string of the molecule is COc1cc(ON2CCC(C#N)CC2)ccc1C(=O)N1CC[CH]CC1. The largest absolute Gasteiger partial charge is 0.496 e. The molecule has 133 valence electrons. The number of nitriles is 1. The molecular formula is C19H24N3O3. The van der Waals surface area contributed by atoms with Gasteiger partial charge in [0, 0.05) is 38.2 Å². The lowest BCUT2D eigenvalue weighted by Crippen LogP contribution is -2.36. The smallest absolute Gasteiger partial charge is 0.257 e. The summed E-state index contributed by atoms with van der Waals surface area (Å²) in [5.74, 6) is 1.31. The predicted octanol–water partition coefficient (Wildman–Crippen LogP) is 2.66. The highest BCUT2D eigenvalue weighted by molar-refractivity contribution is 5.97. The van der Waals surface area contributed by atoms with Gasteiger partial charge in [-0.05, 0) is 44.2 Å². The molecule has 0 saturated carbocycles. The number of ether oxygens (including phenoxy) is 1. The lowest BCUT2D eigenvalue weighted by Gasteiger charge is -2.29. The fraction of sp³-hybridized carbons (Fsp3) is 0.526. The molecule has 1 radical (unpaired) electrons. The van der Waals surface area contributed by atoms with E-state index in [-0.39, 0.29) is 11.8 Å². The number of hydrogen-bond donors (Lipinski definition) is 0. The van der Waals surface area contributed by atoms with E-state index in [9.17, 15) is 4.79 Å². The maximum Gasteiger partial charge on any atom is 0.257 e. The molecule has 0 unspecified atom stereocenters. The number of nitrogens with zero attached hydrogens (tertiary/aromatic N) is 3. The number of carbonyl (C=O) groups excluding carboxylic acids is 1. The van der Waals surface area contributed by atoms with E-state index in [4.69, 9.17) is 14.8 Å². The summed E-state index contributed by atoms with van der Waals surface area (Å²) in [6.07, 6.45) is 5.72. The molecule has 6 heteroatoms. The van der Waals surface area contributed by atoms with Crippen molar-refractivity contribution in [2.75, 3.05) is 33.3 Å². The Hall–Kier alpha value is -2.26. The van der Waals surface area contributed by atoms with Crippen LogP contribution in [0.3, 0.4) is 0 Å². The zero-order chi connectivity index (χ0) is 17.6. The molecule has 2 aliphatic heterocycles. The first kappa shape index (κ1) is 17.6. The minimum absolute atomic E-state index is 0.00587. The van der Waals surface area contributed by atoms with E-state index in [0.29, 0.717) is 17.1 Å². The Balaban J connectivity index is 1.67. The van der Waals surface area contributed by atoms with Crippen LogP contribution < -0.4 is 9.57 Å². The number of carbonyl (C=O) groups is 1. The number of methoxy groups -OCH3 is 1. The molecule has 0 aliphatic carbocycles. The minimum atomic E-state index is 0.00587. The van der Waals surface area contributed by atoms with Gasteiger partial charge in [0.05, 0.1) is 18.7 Å². The highest BCUT2D eigenvalue weighted by atomic mass is 16.7. The lowest BCUT2D eigenvalue weighted by atomic mass is 10.0. The van der Waals surface area contributed by atoms with Crippen molar-refractivity contribution in [1.82, 2.24) is 9.96 Å². The van der Waals surface area contributed by atoms with E-state index >= 15 is 0 Å². The molecule has 0 N–H and O–H groups in total. The second kappa shape index (κ2) is 8.21. The van der Waals surface area contributed by atoms with Crippen molar-refractivity contribution >= 4 is 5.91 Å². The fourth-order valence-electron chi connectivity index (χ4n) is 3.25. The third-order valence-corrected chi connectivity index (χ3v) is 4.77. The summed E-state index contributed by atoms with van der Waals surface area (Å²) >= 11 is 0. The van der Waals surface area contributed by atoms with Crippen LogP contribution in [-0.2, 0) is 0 Å². The van der Waals surface area contributed by atoms with Crippen LogP contribution in [0.4, 0.5) is 0 Å². The molecule has 1 aromatic carbocycles. The Morgan fingerprint density at radius 3 is 2.56 bits per heavy atom. The Bertz CT molecular complexity index is 642. The van der Waals surface area contributed by atoms with E-state index in [1.165, 1.54) is 0 Å². The number of amides is 1. The molecule has 2 fully saturated rings. The van der Waals surface area contributed by atoms with Crippen molar-refractivity contribution in [2.24, 2.45) is 5.92 Å². The number of piperidine rings is 2. The molecule has 0 aromatic heterocycles. The monoisotopic (exact) mass is 342 g/mol. The topological polar surface area (TPSA) is 65.8 Å². The maximum atomic E-state index is 12.7. The molecule has 3 rings (SSSR count). The van der Waals surface area contributed by atoms with Gasteiger partial charge in [-0.1, -0.05) is 0 Å². The van der Waals surface area contributed by atoms with E-state index in [0.717, 1.165) is 51.9 Å². The Morgan fingerprint density at radius 2 is 1.92 bits per heavy atom. The maximum absolute atomic E-state index is 12.7. The predicted molar refractivity (Wildman–Crippen MR) is 93.0 cm³/mol. The van der Waals surface area contributed by atoms with Gasteiger partial charge < -0.3 is 14.5 Å². The van der Waals surface area contributed by atoms with E-state index < -0.39 is 0 Å². The number of hydrogen-bond acceptors (Lipinski definition) is 5. The Morgan fingerprint density at radius 1 is 1.20 bits per heavy atom. The number of benzene rings is 1. The molecule has 1 aromatic rings. The van der Waals surface area contributed by atoms with Gasteiger partial charge in [0.15, 0.2) is 5.75 Å². The first-order valence-electron chi connectivity index (χ1n) is 8.83. The summed E-state index contributed by atoms with van der Waals surface area (Å²) < 4.78 is 5.42. The average Bonchev–Trinajstić information content (AvgIpc) is 2.68. The highest BCUT2D eigenvalue weighted by Gasteiger charge is 2.23. The van der Waals surface area contributed by atoms with Gasteiger partial charge in [0.25, 0.3) is 5.91 Å². The van der Waals surface area contributed by atoms with Crippen LogP contribution >= 0.6 is 0 Å². The van der Waals surface area contributed by atoms with Crippen molar-refractivity contribution in [1.29, 1.82) is 5.26 Å². The molecule has 2 aliphatic rings. The zero-order valence-corrected chi connectivity index (χ0v) is 14.6. The quantitative estimate of drug-likeness (QED) is 0.842. The van der Waals surface area contributed by atoms with Crippen molar-refractivity contribution in [3.63, 3.8) is 0 Å². The second-order valence-corrected chi connectivity index (χ2v) is 6.44. The third-order valence-electron chi connectivity index (χ3n) is 4.77. The first-order valence-corrected chi connectivity index (χ1v) is 8.83. The lowest BCUT2D eigenvalue weighted by molar-refractivity contribution is -0.0775. The molecule has 0 bridgehead atoms. The summed E-state index contributed by atoms with van der Waals surface area (Å²) in [5.41, 5.74) is 0.569. The number of hydroxylamine groups is 2. The third kappa shape index (κ3) is 4.23. The van der Waals surface area contributed by atoms with Crippen LogP contribution in [-0.4, -0.2) is 49.2 Å². The van der Waals surface area contributed by atoms with Gasteiger partial charge in [-0.15, -0.1) is 5.06 Å². The van der Waals surface area contributed by atoms with Crippen LogP contribution in [0.5, 0.6) is 11.5 Å². The van der Waals surface area contributed by atoms with Crippen LogP contribution in [0.1, 0.15) is 36.0 Å². The number of rotatable bonds is 4. The van der Waals surface area contributed by atoms with Crippen molar-refractivity contribution in [3.8, 4) is 17.6 Å².